The van der Waals surface area contributed by atoms with E-state index < -0.39 is 12.0 Å². The number of piperidine rings is 1. The molecule has 10 nitrogen and oxygen atoms in total. The molecule has 0 unspecified atom stereocenters. The van der Waals surface area contributed by atoms with Gasteiger partial charge in [0.2, 0.25) is 17.6 Å². The minimum absolute atomic E-state index is 0.128. The topological polar surface area (TPSA) is 108 Å². The van der Waals surface area contributed by atoms with E-state index in [0.717, 1.165) is 15.8 Å². The van der Waals surface area contributed by atoms with Crippen molar-refractivity contribution in [3.63, 3.8) is 0 Å². The Hall–Kier alpha value is -4.51. The molecule has 0 spiro atoms. The molecule has 4 aromatic rings. The van der Waals surface area contributed by atoms with E-state index in [2.05, 4.69) is 10.3 Å². The SMILES string of the molecule is COc1ccc([C@@H]2[C@@H](C(=O)Nc3nc4ccc(OC)cc4s3)CCC(=O)N2c2cc(OC)c(OC)c(OC)c2)cc1. The lowest BCUT2D eigenvalue weighted by Gasteiger charge is -2.41. The van der Waals surface area contributed by atoms with Crippen LogP contribution in [0.25, 0.3) is 10.2 Å². The molecule has 0 saturated carbocycles. The van der Waals surface area contributed by atoms with Crippen LogP contribution in [0.2, 0.25) is 0 Å². The second-order valence-corrected chi connectivity index (χ2v) is 10.4. The predicted octanol–water partition coefficient (Wildman–Crippen LogP) is 5.46. The van der Waals surface area contributed by atoms with E-state index >= 15 is 0 Å². The van der Waals surface area contributed by atoms with Crippen molar-refractivity contribution < 1.29 is 33.3 Å². The number of rotatable bonds is 9. The molecule has 1 saturated heterocycles. The van der Waals surface area contributed by atoms with Gasteiger partial charge >= 0.3 is 0 Å². The van der Waals surface area contributed by atoms with E-state index in [1.807, 2.05) is 42.5 Å². The van der Waals surface area contributed by atoms with E-state index in [9.17, 15) is 9.59 Å². The Morgan fingerprint density at radius 2 is 1.54 bits per heavy atom. The van der Waals surface area contributed by atoms with Crippen LogP contribution in [0.3, 0.4) is 0 Å². The maximum absolute atomic E-state index is 13.9. The summed E-state index contributed by atoms with van der Waals surface area (Å²) < 4.78 is 28.2. The monoisotopic (exact) mass is 577 g/mol. The van der Waals surface area contributed by atoms with E-state index in [-0.39, 0.29) is 18.2 Å². The summed E-state index contributed by atoms with van der Waals surface area (Å²) in [5.74, 6) is 1.65. The van der Waals surface area contributed by atoms with Gasteiger partial charge < -0.3 is 33.9 Å². The quantitative estimate of drug-likeness (QED) is 0.279. The minimum Gasteiger partial charge on any atom is -0.497 e. The molecule has 1 N–H and O–H groups in total. The summed E-state index contributed by atoms with van der Waals surface area (Å²) >= 11 is 1.37. The molecule has 11 heteroatoms. The number of aromatic nitrogens is 1. The zero-order valence-electron chi connectivity index (χ0n) is 23.4. The van der Waals surface area contributed by atoms with E-state index in [1.54, 1.807) is 31.3 Å². The number of hydrogen-bond acceptors (Lipinski definition) is 9. The van der Waals surface area contributed by atoms with E-state index in [0.29, 0.717) is 46.0 Å². The van der Waals surface area contributed by atoms with Gasteiger partial charge in [0.1, 0.15) is 11.5 Å². The van der Waals surface area contributed by atoms with Gasteiger partial charge in [-0.05, 0) is 42.3 Å². The van der Waals surface area contributed by atoms with Crippen LogP contribution in [0.4, 0.5) is 10.8 Å². The molecule has 3 aromatic carbocycles. The summed E-state index contributed by atoms with van der Waals surface area (Å²) in [6.07, 6.45) is 0.541. The molecular formula is C30H31N3O7S. The average molecular weight is 578 g/mol. The van der Waals surface area contributed by atoms with Crippen molar-refractivity contribution in [3.05, 3.63) is 60.2 Å². The van der Waals surface area contributed by atoms with Crippen molar-refractivity contribution in [3.8, 4) is 28.7 Å². The van der Waals surface area contributed by atoms with E-state index in [4.69, 9.17) is 23.7 Å². The number of hydrogen-bond donors (Lipinski definition) is 1. The third-order valence-electron chi connectivity index (χ3n) is 7.14. The van der Waals surface area contributed by atoms with Gasteiger partial charge in [0.25, 0.3) is 0 Å². The van der Waals surface area contributed by atoms with Crippen molar-refractivity contribution in [1.82, 2.24) is 4.98 Å². The van der Waals surface area contributed by atoms with Crippen molar-refractivity contribution in [2.45, 2.75) is 18.9 Å². The molecule has 1 aliphatic rings. The lowest BCUT2D eigenvalue weighted by molar-refractivity contribution is -0.125. The van der Waals surface area contributed by atoms with Crippen LogP contribution < -0.4 is 33.9 Å². The molecule has 0 bridgehead atoms. The molecule has 0 aliphatic carbocycles. The van der Waals surface area contributed by atoms with Gasteiger partial charge in [0, 0.05) is 18.6 Å². The molecule has 2 heterocycles. The smallest absolute Gasteiger partial charge is 0.231 e. The number of anilines is 2. The zero-order chi connectivity index (χ0) is 29.1. The third kappa shape index (κ3) is 5.45. The fourth-order valence-electron chi connectivity index (χ4n) is 5.14. The lowest BCUT2D eigenvalue weighted by atomic mass is 9.83. The highest BCUT2D eigenvalue weighted by Gasteiger charge is 2.42. The van der Waals surface area contributed by atoms with Crippen LogP contribution in [0, 0.1) is 5.92 Å². The first-order chi connectivity index (χ1) is 19.9. The van der Waals surface area contributed by atoms with Crippen molar-refractivity contribution >= 4 is 44.2 Å². The standard InChI is InChI=1S/C30H31N3O7S/c1-36-19-8-6-17(7-9-19)27-21(29(35)32-30-31-22-12-10-20(37-2)16-25(22)41-30)11-13-26(34)33(27)18-14-23(38-3)28(40-5)24(15-18)39-4/h6-10,12,14-16,21,27H,11,13H2,1-5H3,(H,31,32,35)/t21-,27+/m0/s1. The number of thiazole rings is 1. The number of nitrogens with zero attached hydrogens (tertiary/aromatic N) is 2. The van der Waals surface area contributed by atoms with Gasteiger partial charge in [-0.15, -0.1) is 0 Å². The number of ether oxygens (including phenoxy) is 5. The van der Waals surface area contributed by atoms with Gasteiger partial charge in [-0.1, -0.05) is 23.5 Å². The summed E-state index contributed by atoms with van der Waals surface area (Å²) in [5.41, 5.74) is 2.06. The first-order valence-electron chi connectivity index (χ1n) is 12.9. The second kappa shape index (κ2) is 11.9. The molecular weight excluding hydrogens is 546 g/mol. The van der Waals surface area contributed by atoms with Crippen LogP contribution in [-0.4, -0.2) is 52.3 Å². The van der Waals surface area contributed by atoms with Crippen LogP contribution in [-0.2, 0) is 9.59 Å². The third-order valence-corrected chi connectivity index (χ3v) is 8.08. The summed E-state index contributed by atoms with van der Waals surface area (Å²) in [7, 11) is 7.75. The Kier molecular flexibility index (Phi) is 8.16. The number of methoxy groups -OCH3 is 5. The Labute approximate surface area is 241 Å². The minimum atomic E-state index is -0.626. The Bertz CT molecular complexity index is 1550. The molecule has 1 aliphatic heterocycles. The van der Waals surface area contributed by atoms with Gasteiger partial charge in [0.05, 0.1) is 63.4 Å². The number of benzene rings is 3. The van der Waals surface area contributed by atoms with Crippen molar-refractivity contribution in [1.29, 1.82) is 0 Å². The van der Waals surface area contributed by atoms with Gasteiger partial charge in [0.15, 0.2) is 16.6 Å². The summed E-state index contributed by atoms with van der Waals surface area (Å²) in [6.45, 7) is 0. The second-order valence-electron chi connectivity index (χ2n) is 9.35. The molecule has 1 aromatic heterocycles. The molecule has 2 amide bonds. The lowest BCUT2D eigenvalue weighted by Crippen LogP contribution is -2.47. The number of nitrogens with one attached hydrogen (secondary N) is 1. The largest absolute Gasteiger partial charge is 0.497 e. The number of carbonyl (C=O) groups is 2. The molecule has 5 rings (SSSR count). The van der Waals surface area contributed by atoms with Gasteiger partial charge in [-0.25, -0.2) is 4.98 Å². The van der Waals surface area contributed by atoms with Crippen LogP contribution in [0.5, 0.6) is 28.7 Å². The normalized spacial score (nSPS) is 16.8. The molecule has 214 valence electrons. The van der Waals surface area contributed by atoms with Crippen molar-refractivity contribution in [2.24, 2.45) is 5.92 Å². The fourth-order valence-corrected chi connectivity index (χ4v) is 6.04. The highest BCUT2D eigenvalue weighted by Crippen LogP contribution is 2.46. The molecule has 0 radical (unpaired) electrons. The fraction of sp³-hybridized carbons (Fsp3) is 0.300. The molecule has 41 heavy (non-hydrogen) atoms. The maximum atomic E-state index is 13.9. The highest BCUT2D eigenvalue weighted by molar-refractivity contribution is 7.22. The molecule has 2 atom stereocenters. The Morgan fingerprint density at radius 3 is 2.15 bits per heavy atom. The first-order valence-corrected chi connectivity index (χ1v) is 13.7. The van der Waals surface area contributed by atoms with Gasteiger partial charge in [-0.2, -0.15) is 0 Å². The van der Waals surface area contributed by atoms with E-state index in [1.165, 1.54) is 32.7 Å². The molecule has 1 fully saturated rings. The Balaban J connectivity index is 1.56. The predicted molar refractivity (Wildman–Crippen MR) is 157 cm³/mol. The van der Waals surface area contributed by atoms with Crippen LogP contribution in [0.1, 0.15) is 24.4 Å². The van der Waals surface area contributed by atoms with Gasteiger partial charge in [-0.3, -0.25) is 9.59 Å². The summed E-state index contributed by atoms with van der Waals surface area (Å²) in [4.78, 5) is 33.7. The van der Waals surface area contributed by atoms with Crippen LogP contribution >= 0.6 is 11.3 Å². The Morgan fingerprint density at radius 1 is 0.878 bits per heavy atom. The maximum Gasteiger partial charge on any atom is 0.231 e. The van der Waals surface area contributed by atoms with Crippen LogP contribution in [0.15, 0.2) is 54.6 Å². The summed E-state index contributed by atoms with van der Waals surface area (Å²) in [5, 5.41) is 3.48. The average Bonchev–Trinajstić information content (AvgIpc) is 3.41. The number of amides is 2. The number of fused-ring (bicyclic) bond motifs is 1. The summed E-state index contributed by atoms with van der Waals surface area (Å²) in [6, 6.07) is 15.8. The first kappa shape index (κ1) is 28.0. The van der Waals surface area contributed by atoms with Crippen molar-refractivity contribution in [2.75, 3.05) is 45.8 Å². The highest BCUT2D eigenvalue weighted by atomic mass is 32.1. The zero-order valence-corrected chi connectivity index (χ0v) is 24.2. The number of carbonyl (C=O) groups excluding carboxylic acids is 2.